The fourth-order valence-electron chi connectivity index (χ4n) is 5.03. The Morgan fingerprint density at radius 2 is 1.68 bits per heavy atom. The van der Waals surface area contributed by atoms with Crippen molar-refractivity contribution in [2.24, 2.45) is 10.5 Å². The maximum Gasteiger partial charge on any atom is 0.249 e. The molecule has 3 aromatic rings. The average Bonchev–Trinajstić information content (AvgIpc) is 3.20. The lowest BCUT2D eigenvalue weighted by molar-refractivity contribution is -0.121. The summed E-state index contributed by atoms with van der Waals surface area (Å²) in [5, 5.41) is 30.2. The number of rotatable bonds is 4. The quantitative estimate of drug-likeness (QED) is 0.645. The molecular formula is C27H21N5O2. The summed E-state index contributed by atoms with van der Waals surface area (Å²) in [5.41, 5.74) is 1.40. The van der Waals surface area contributed by atoms with E-state index in [0.29, 0.717) is 17.0 Å². The summed E-state index contributed by atoms with van der Waals surface area (Å²) >= 11 is 0. The van der Waals surface area contributed by atoms with Gasteiger partial charge >= 0.3 is 0 Å². The van der Waals surface area contributed by atoms with Crippen LogP contribution in [0.2, 0.25) is 0 Å². The summed E-state index contributed by atoms with van der Waals surface area (Å²) in [7, 11) is 1.57. The Labute approximate surface area is 197 Å². The van der Waals surface area contributed by atoms with Gasteiger partial charge in [0.1, 0.15) is 17.8 Å². The van der Waals surface area contributed by atoms with Crippen LogP contribution in [0.15, 0.2) is 84.0 Å². The van der Waals surface area contributed by atoms with Crippen molar-refractivity contribution in [2.45, 2.75) is 18.0 Å². The third-order valence-corrected chi connectivity index (χ3v) is 6.56. The number of nitrogens with one attached hydrogen (secondary N) is 1. The van der Waals surface area contributed by atoms with Crippen LogP contribution in [0.25, 0.3) is 0 Å². The van der Waals surface area contributed by atoms with Crippen LogP contribution in [0.4, 0.5) is 5.69 Å². The molecule has 0 aliphatic carbocycles. The molecule has 2 heterocycles. The van der Waals surface area contributed by atoms with E-state index in [1.54, 1.807) is 42.6 Å². The van der Waals surface area contributed by atoms with Gasteiger partial charge < -0.3 is 10.1 Å². The summed E-state index contributed by atoms with van der Waals surface area (Å²) in [6.07, 6.45) is 1.69. The number of nitrogens with zero attached hydrogens (tertiary/aromatic N) is 4. The Hall–Kier alpha value is -4.62. The Bertz CT molecular complexity index is 1320. The molecule has 0 spiro atoms. The molecule has 1 amide bonds. The summed E-state index contributed by atoms with van der Waals surface area (Å²) in [4.78, 5) is 13.7. The fraction of sp³-hybridized carbons (Fsp3) is 0.185. The van der Waals surface area contributed by atoms with Crippen molar-refractivity contribution in [1.82, 2.24) is 5.01 Å². The first-order valence-electron chi connectivity index (χ1n) is 10.9. The van der Waals surface area contributed by atoms with Crippen LogP contribution in [-0.4, -0.2) is 30.3 Å². The smallest absolute Gasteiger partial charge is 0.249 e. The minimum Gasteiger partial charge on any atom is -0.497 e. The highest BCUT2D eigenvalue weighted by Crippen LogP contribution is 2.59. The molecule has 7 nitrogen and oxygen atoms in total. The number of carbonyl (C=O) groups excluding carboxylic acids is 1. The minimum atomic E-state index is -1.55. The Morgan fingerprint density at radius 1 is 1.00 bits per heavy atom. The highest BCUT2D eigenvalue weighted by molar-refractivity contribution is 5.97. The average molecular weight is 447 g/mol. The van der Waals surface area contributed by atoms with Gasteiger partial charge in [0, 0.05) is 11.6 Å². The first-order chi connectivity index (χ1) is 16.6. The van der Waals surface area contributed by atoms with Crippen molar-refractivity contribution in [3.63, 3.8) is 0 Å². The second-order valence-corrected chi connectivity index (χ2v) is 8.30. The Morgan fingerprint density at radius 3 is 2.35 bits per heavy atom. The van der Waals surface area contributed by atoms with E-state index >= 15 is 0 Å². The normalized spacial score (nSPS) is 21.5. The van der Waals surface area contributed by atoms with E-state index in [1.807, 2.05) is 54.6 Å². The van der Waals surface area contributed by atoms with Crippen molar-refractivity contribution in [3.8, 4) is 17.9 Å². The van der Waals surface area contributed by atoms with Crippen molar-refractivity contribution >= 4 is 17.8 Å². The number of anilines is 1. The third kappa shape index (κ3) is 3.18. The third-order valence-electron chi connectivity index (χ3n) is 6.56. The molecule has 34 heavy (non-hydrogen) atoms. The lowest BCUT2D eigenvalue weighted by atomic mass is 9.68. The van der Waals surface area contributed by atoms with Crippen LogP contribution in [0.5, 0.6) is 5.75 Å². The topological polar surface area (TPSA) is 102 Å². The summed E-state index contributed by atoms with van der Waals surface area (Å²) < 4.78 is 5.29. The maximum atomic E-state index is 13.7. The largest absolute Gasteiger partial charge is 0.497 e. The van der Waals surface area contributed by atoms with Gasteiger partial charge in [-0.15, -0.1) is 0 Å². The van der Waals surface area contributed by atoms with Gasteiger partial charge in [0.05, 0.1) is 25.5 Å². The molecule has 1 N–H and O–H groups in total. The lowest BCUT2D eigenvalue weighted by Crippen LogP contribution is -2.41. The van der Waals surface area contributed by atoms with Crippen molar-refractivity contribution in [1.29, 1.82) is 10.5 Å². The number of nitriles is 2. The van der Waals surface area contributed by atoms with Gasteiger partial charge in [0.15, 0.2) is 5.41 Å². The molecule has 7 heteroatoms. The van der Waals surface area contributed by atoms with Crippen LogP contribution in [0.3, 0.4) is 0 Å². The van der Waals surface area contributed by atoms with Gasteiger partial charge in [0.25, 0.3) is 0 Å². The van der Waals surface area contributed by atoms with Crippen LogP contribution in [0.1, 0.15) is 28.7 Å². The molecule has 2 aliphatic rings. The number of fused-ring (bicyclic) bond motifs is 3. The number of amides is 1. The van der Waals surface area contributed by atoms with Crippen LogP contribution in [0, 0.1) is 28.1 Å². The van der Waals surface area contributed by atoms with Crippen molar-refractivity contribution in [2.75, 3.05) is 12.4 Å². The molecule has 0 unspecified atom stereocenters. The molecule has 0 aromatic heterocycles. The van der Waals surface area contributed by atoms with Crippen LogP contribution < -0.4 is 10.1 Å². The SMILES string of the molecule is COc1ccc([C@@H]2[C@@H](C(=O)Nc3ccccc3)N3N=Cc4ccccc4[C@H]3C2(C#N)C#N)cc1. The molecular weight excluding hydrogens is 426 g/mol. The number of carbonyl (C=O) groups is 1. The molecule has 0 saturated carbocycles. The van der Waals surface area contributed by atoms with Crippen LogP contribution in [-0.2, 0) is 4.79 Å². The predicted octanol–water partition coefficient (Wildman–Crippen LogP) is 4.22. The first-order valence-corrected chi connectivity index (χ1v) is 10.9. The Balaban J connectivity index is 1.69. The molecule has 1 fully saturated rings. The van der Waals surface area contributed by atoms with Gasteiger partial charge in [-0.25, -0.2) is 0 Å². The summed E-state index contributed by atoms with van der Waals surface area (Å²) in [6, 6.07) is 26.8. The number of methoxy groups -OCH3 is 1. The van der Waals surface area contributed by atoms with Crippen molar-refractivity contribution < 1.29 is 9.53 Å². The predicted molar refractivity (Wildman–Crippen MR) is 127 cm³/mol. The molecule has 166 valence electrons. The summed E-state index contributed by atoms with van der Waals surface area (Å²) in [6.45, 7) is 0. The maximum absolute atomic E-state index is 13.7. The molecule has 3 atom stereocenters. The van der Waals surface area contributed by atoms with Gasteiger partial charge in [-0.3, -0.25) is 9.80 Å². The highest BCUT2D eigenvalue weighted by atomic mass is 16.5. The molecule has 0 radical (unpaired) electrons. The van der Waals surface area contributed by atoms with Crippen LogP contribution >= 0.6 is 0 Å². The number of para-hydroxylation sites is 1. The van der Waals surface area contributed by atoms with E-state index < -0.39 is 23.4 Å². The monoisotopic (exact) mass is 447 g/mol. The number of hydrogen-bond acceptors (Lipinski definition) is 6. The number of ether oxygens (including phenoxy) is 1. The van der Waals surface area contributed by atoms with E-state index in [1.165, 1.54) is 0 Å². The highest BCUT2D eigenvalue weighted by Gasteiger charge is 2.65. The van der Waals surface area contributed by atoms with E-state index in [2.05, 4.69) is 22.6 Å². The van der Waals surface area contributed by atoms with Gasteiger partial charge in [0.2, 0.25) is 5.91 Å². The molecule has 5 rings (SSSR count). The van der Waals surface area contributed by atoms with E-state index in [-0.39, 0.29) is 5.91 Å². The lowest BCUT2D eigenvalue weighted by Gasteiger charge is -2.33. The number of hydrazone groups is 1. The fourth-order valence-corrected chi connectivity index (χ4v) is 5.03. The van der Waals surface area contributed by atoms with Gasteiger partial charge in [-0.05, 0) is 41.0 Å². The van der Waals surface area contributed by atoms with E-state index in [9.17, 15) is 15.3 Å². The minimum absolute atomic E-state index is 0.332. The standard InChI is InChI=1S/C27H21N5O2/c1-34-21-13-11-18(12-14-21)23-24(26(33)31-20-8-3-2-4-9-20)32-25(27(23,16-28)17-29)22-10-6-5-7-19(22)15-30-32/h2-15,23-25H,1H3,(H,31,33)/t23-,24+,25+/m1/s1. The zero-order valence-electron chi connectivity index (χ0n) is 18.4. The van der Waals surface area contributed by atoms with Crippen molar-refractivity contribution in [3.05, 3.63) is 95.6 Å². The summed E-state index contributed by atoms with van der Waals surface area (Å²) in [5.74, 6) is -0.445. The van der Waals surface area contributed by atoms with E-state index in [0.717, 1.165) is 11.1 Å². The Kier molecular flexibility index (Phi) is 5.24. The second kappa shape index (κ2) is 8.38. The molecule has 3 aromatic carbocycles. The molecule has 2 aliphatic heterocycles. The van der Waals surface area contributed by atoms with Gasteiger partial charge in [-0.1, -0.05) is 54.6 Å². The zero-order valence-corrected chi connectivity index (χ0v) is 18.4. The molecule has 1 saturated heterocycles. The molecule has 0 bridgehead atoms. The number of hydrogen-bond donors (Lipinski definition) is 1. The van der Waals surface area contributed by atoms with Gasteiger partial charge in [-0.2, -0.15) is 15.6 Å². The first kappa shape index (κ1) is 21.2. The second-order valence-electron chi connectivity index (χ2n) is 8.30. The number of benzene rings is 3. The zero-order chi connectivity index (χ0) is 23.7. The van der Waals surface area contributed by atoms with E-state index in [4.69, 9.17) is 4.74 Å².